The molecule has 3 rings (SSSR count). The first kappa shape index (κ1) is 15.8. The number of rotatable bonds is 5. The maximum absolute atomic E-state index is 12.1. The highest BCUT2D eigenvalue weighted by atomic mass is 16.6. The van der Waals surface area contributed by atoms with Crippen LogP contribution in [0.1, 0.15) is 19.4 Å². The van der Waals surface area contributed by atoms with Gasteiger partial charge in [-0.3, -0.25) is 14.7 Å². The summed E-state index contributed by atoms with van der Waals surface area (Å²) in [5.74, 6) is -0.00835. The van der Waals surface area contributed by atoms with Crippen LogP contribution < -0.4 is 10.5 Å². The molecule has 3 aromatic rings. The molecular weight excluding hydrogens is 312 g/mol. The number of nitro benzene ring substituents is 1. The molecule has 1 heterocycles. The number of fused-ring (bicyclic) bond motifs is 1. The molecule has 0 radical (unpaired) electrons. The molecule has 0 aliphatic heterocycles. The summed E-state index contributed by atoms with van der Waals surface area (Å²) in [4.78, 5) is 22.7. The van der Waals surface area contributed by atoms with Gasteiger partial charge in [-0.2, -0.15) is 0 Å². The third-order valence-corrected chi connectivity index (χ3v) is 3.52. The van der Waals surface area contributed by atoms with Gasteiger partial charge >= 0.3 is 5.76 Å². The van der Waals surface area contributed by atoms with E-state index >= 15 is 0 Å². The molecule has 1 aromatic heterocycles. The van der Waals surface area contributed by atoms with E-state index in [1.807, 2.05) is 13.8 Å². The number of ether oxygens (including phenoxy) is 1. The van der Waals surface area contributed by atoms with Crippen molar-refractivity contribution in [2.24, 2.45) is 0 Å². The van der Waals surface area contributed by atoms with Crippen LogP contribution in [0, 0.1) is 10.1 Å². The van der Waals surface area contributed by atoms with Crippen molar-refractivity contribution >= 4 is 16.8 Å². The summed E-state index contributed by atoms with van der Waals surface area (Å²) >= 11 is 0. The SMILES string of the molecule is CC(C)Oc1ccc([N+](=O)[O-])cc1Cn1c(=O)oc2ccccc21. The van der Waals surface area contributed by atoms with E-state index in [1.165, 1.54) is 16.7 Å². The van der Waals surface area contributed by atoms with Crippen LogP contribution in [0.25, 0.3) is 11.1 Å². The van der Waals surface area contributed by atoms with E-state index in [1.54, 1.807) is 30.3 Å². The lowest BCUT2D eigenvalue weighted by atomic mass is 10.1. The largest absolute Gasteiger partial charge is 0.491 e. The van der Waals surface area contributed by atoms with E-state index in [9.17, 15) is 14.9 Å². The van der Waals surface area contributed by atoms with Crippen LogP contribution in [0.3, 0.4) is 0 Å². The molecule has 0 spiro atoms. The number of hydrogen-bond donors (Lipinski definition) is 0. The van der Waals surface area contributed by atoms with E-state index in [0.717, 1.165) is 0 Å². The molecule has 124 valence electrons. The number of non-ortho nitro benzene ring substituents is 1. The van der Waals surface area contributed by atoms with E-state index in [2.05, 4.69) is 0 Å². The minimum absolute atomic E-state index is 0.0537. The van der Waals surface area contributed by atoms with Crippen LogP contribution in [0.2, 0.25) is 0 Å². The molecule has 7 nitrogen and oxygen atoms in total. The second kappa shape index (κ2) is 6.19. The summed E-state index contributed by atoms with van der Waals surface area (Å²) in [5.41, 5.74) is 1.59. The first-order valence-electron chi connectivity index (χ1n) is 7.48. The molecule has 2 aromatic carbocycles. The molecule has 24 heavy (non-hydrogen) atoms. The number of para-hydroxylation sites is 2. The number of nitrogens with zero attached hydrogens (tertiary/aromatic N) is 2. The predicted molar refractivity (Wildman–Crippen MR) is 88.4 cm³/mol. The summed E-state index contributed by atoms with van der Waals surface area (Å²) in [5, 5.41) is 11.0. The fourth-order valence-corrected chi connectivity index (χ4v) is 2.51. The van der Waals surface area contributed by atoms with Crippen LogP contribution in [0.15, 0.2) is 51.7 Å². The summed E-state index contributed by atoms with van der Waals surface area (Å²) < 4.78 is 12.3. The molecule has 0 saturated carbocycles. The number of aromatic nitrogens is 1. The molecule has 0 saturated heterocycles. The van der Waals surface area contributed by atoms with E-state index in [4.69, 9.17) is 9.15 Å². The first-order chi connectivity index (χ1) is 11.5. The van der Waals surface area contributed by atoms with Crippen LogP contribution in [-0.2, 0) is 6.54 Å². The van der Waals surface area contributed by atoms with E-state index < -0.39 is 10.7 Å². The highest BCUT2D eigenvalue weighted by Crippen LogP contribution is 2.27. The maximum atomic E-state index is 12.1. The zero-order chi connectivity index (χ0) is 17.3. The van der Waals surface area contributed by atoms with Crippen LogP contribution >= 0.6 is 0 Å². The Labute approximate surface area is 137 Å². The Morgan fingerprint density at radius 3 is 2.71 bits per heavy atom. The van der Waals surface area contributed by atoms with Gasteiger partial charge in [0, 0.05) is 17.7 Å². The standard InChI is InChI=1S/C17H16N2O5/c1-11(2)23-15-8-7-13(19(21)22)9-12(15)10-18-14-5-3-4-6-16(14)24-17(18)20/h3-9,11H,10H2,1-2H3. The van der Waals surface area contributed by atoms with Crippen molar-refractivity contribution in [3.05, 3.63) is 68.7 Å². The second-order valence-electron chi connectivity index (χ2n) is 5.64. The van der Waals surface area contributed by atoms with Gasteiger partial charge in [-0.15, -0.1) is 0 Å². The molecule has 0 aliphatic rings. The van der Waals surface area contributed by atoms with Crippen molar-refractivity contribution < 1.29 is 14.1 Å². The molecule has 0 fully saturated rings. The van der Waals surface area contributed by atoms with Gasteiger partial charge in [-0.05, 0) is 32.0 Å². The van der Waals surface area contributed by atoms with Crippen LogP contribution in [-0.4, -0.2) is 15.6 Å². The van der Waals surface area contributed by atoms with Crippen molar-refractivity contribution in [2.75, 3.05) is 0 Å². The topological polar surface area (TPSA) is 87.5 Å². The van der Waals surface area contributed by atoms with Gasteiger partial charge in [-0.1, -0.05) is 12.1 Å². The molecule has 0 aliphatic carbocycles. The van der Waals surface area contributed by atoms with Gasteiger partial charge in [-0.25, -0.2) is 4.79 Å². The van der Waals surface area contributed by atoms with Gasteiger partial charge < -0.3 is 9.15 Å². The summed E-state index contributed by atoms with van der Waals surface area (Å²) in [6.45, 7) is 3.86. The van der Waals surface area contributed by atoms with Gasteiger partial charge in [0.05, 0.1) is 23.1 Å². The summed E-state index contributed by atoms with van der Waals surface area (Å²) in [6, 6.07) is 11.4. The van der Waals surface area contributed by atoms with E-state index in [0.29, 0.717) is 22.4 Å². The van der Waals surface area contributed by atoms with Gasteiger partial charge in [0.2, 0.25) is 0 Å². The number of benzene rings is 2. The lowest BCUT2D eigenvalue weighted by Crippen LogP contribution is -2.16. The van der Waals surface area contributed by atoms with E-state index in [-0.39, 0.29) is 18.3 Å². The van der Waals surface area contributed by atoms with Crippen molar-refractivity contribution in [1.82, 2.24) is 4.57 Å². The number of oxazole rings is 1. The Kier molecular flexibility index (Phi) is 4.07. The molecular formula is C17H16N2O5. The highest BCUT2D eigenvalue weighted by Gasteiger charge is 2.16. The van der Waals surface area contributed by atoms with Crippen LogP contribution in [0.4, 0.5) is 5.69 Å². The van der Waals surface area contributed by atoms with Crippen molar-refractivity contribution in [3.63, 3.8) is 0 Å². The maximum Gasteiger partial charge on any atom is 0.420 e. The van der Waals surface area contributed by atoms with Crippen molar-refractivity contribution in [3.8, 4) is 5.75 Å². The second-order valence-corrected chi connectivity index (χ2v) is 5.64. The fraction of sp³-hybridized carbons (Fsp3) is 0.235. The number of nitro groups is 1. The molecule has 0 unspecified atom stereocenters. The molecule has 0 bridgehead atoms. The Hall–Kier alpha value is -3.09. The monoisotopic (exact) mass is 328 g/mol. The quantitative estimate of drug-likeness (QED) is 0.529. The third kappa shape index (κ3) is 3.01. The lowest BCUT2D eigenvalue weighted by Gasteiger charge is -2.14. The Balaban J connectivity index is 2.09. The van der Waals surface area contributed by atoms with Gasteiger partial charge in [0.1, 0.15) is 5.75 Å². The Bertz CT molecular complexity index is 955. The highest BCUT2D eigenvalue weighted by molar-refractivity contribution is 5.72. The van der Waals surface area contributed by atoms with Crippen molar-refractivity contribution in [1.29, 1.82) is 0 Å². The Morgan fingerprint density at radius 1 is 1.25 bits per heavy atom. The fourth-order valence-electron chi connectivity index (χ4n) is 2.51. The van der Waals surface area contributed by atoms with Crippen LogP contribution in [0.5, 0.6) is 5.75 Å². The lowest BCUT2D eigenvalue weighted by molar-refractivity contribution is -0.384. The summed E-state index contributed by atoms with van der Waals surface area (Å²) in [7, 11) is 0. The normalized spacial score (nSPS) is 11.1. The number of hydrogen-bond acceptors (Lipinski definition) is 5. The smallest absolute Gasteiger partial charge is 0.420 e. The average molecular weight is 328 g/mol. The zero-order valence-corrected chi connectivity index (χ0v) is 13.3. The van der Waals surface area contributed by atoms with Gasteiger partial charge in [0.15, 0.2) is 5.58 Å². The third-order valence-electron chi connectivity index (χ3n) is 3.52. The predicted octanol–water partition coefficient (Wildman–Crippen LogP) is 3.34. The molecule has 7 heteroatoms. The molecule has 0 amide bonds. The zero-order valence-electron chi connectivity index (χ0n) is 13.3. The molecule has 0 N–H and O–H groups in total. The molecule has 0 atom stereocenters. The van der Waals surface area contributed by atoms with Crippen molar-refractivity contribution in [2.45, 2.75) is 26.5 Å². The van der Waals surface area contributed by atoms with Gasteiger partial charge in [0.25, 0.3) is 5.69 Å². The average Bonchev–Trinajstić information content (AvgIpc) is 2.84. The minimum atomic E-state index is -0.516. The first-order valence-corrected chi connectivity index (χ1v) is 7.48. The Morgan fingerprint density at radius 2 is 2.00 bits per heavy atom. The minimum Gasteiger partial charge on any atom is -0.491 e. The summed E-state index contributed by atoms with van der Waals surface area (Å²) in [6.07, 6.45) is -0.0944.